The van der Waals surface area contributed by atoms with E-state index in [4.69, 9.17) is 14.6 Å². The van der Waals surface area contributed by atoms with Gasteiger partial charge in [0.25, 0.3) is 0 Å². The van der Waals surface area contributed by atoms with Gasteiger partial charge in [-0.05, 0) is 162 Å². The normalized spacial score (nSPS) is 15.9. The summed E-state index contributed by atoms with van der Waals surface area (Å²) >= 11 is 0. The molecule has 0 radical (unpaired) electrons. The monoisotopic (exact) mass is 933 g/mol. The first kappa shape index (κ1) is 50.0. The van der Waals surface area contributed by atoms with Crippen LogP contribution in [0.3, 0.4) is 0 Å². The van der Waals surface area contributed by atoms with E-state index in [1.54, 1.807) is 12.2 Å². The minimum absolute atomic E-state index is 0.0332. The number of carboxylic acid groups (broad SMARTS) is 1. The molecule has 362 valence electrons. The highest BCUT2D eigenvalue weighted by molar-refractivity contribution is 5.93. The number of aliphatic carboxylic acids is 1. The number of aromatic amines is 2. The maximum absolute atomic E-state index is 13.4. The Kier molecular flexibility index (Phi) is 16.0. The molecule has 0 aliphatic heterocycles. The zero-order chi connectivity index (χ0) is 49.3. The van der Waals surface area contributed by atoms with E-state index in [1.165, 1.54) is 33.0 Å². The molecule has 2 unspecified atom stereocenters. The lowest BCUT2D eigenvalue weighted by molar-refractivity contribution is -0.131. The van der Waals surface area contributed by atoms with Crippen molar-refractivity contribution in [2.45, 2.75) is 130 Å². The summed E-state index contributed by atoms with van der Waals surface area (Å²) in [5.41, 5.74) is 10.00. The van der Waals surface area contributed by atoms with Crippen LogP contribution in [0, 0.1) is 0 Å². The van der Waals surface area contributed by atoms with Crippen molar-refractivity contribution in [3.8, 4) is 0 Å². The second-order valence-corrected chi connectivity index (χ2v) is 20.1. The highest BCUT2D eigenvalue weighted by Gasteiger charge is 2.34. The number of nitrogens with one attached hydrogen (secondary N) is 2. The first-order valence-electron chi connectivity index (χ1n) is 24.4. The molecule has 0 bridgehead atoms. The second kappa shape index (κ2) is 22.0. The standard InChI is InChI=1S/C30H36N2O3.C28H32N2O4/c1-5-24(33)15-13-21-14-16-26-22(19-21)9-8-12-28(26)32(29(34)35-30(2,3)4)18-17-23-20-31-27-11-7-6-10-25(23)27;1-28(2,3)34-27(33)30(16-15-21-18-29-24-9-5-4-8-22(21)24)25-10-6-7-20-17-19(11-13-23(20)25)12-14-26(31)32/h6-7,10-11,13-16,19-20,28,31H,5,8-9,12,17-18H2,1-4H3;4-5,8-9,11-14,17-18,25,29H,6-7,10,15-16H2,1-3H3,(H,31,32)/b15-13+;14-12+. The van der Waals surface area contributed by atoms with Crippen molar-refractivity contribution in [1.82, 2.24) is 19.8 Å². The molecule has 8 rings (SSSR count). The minimum atomic E-state index is -0.969. The first-order valence-corrected chi connectivity index (χ1v) is 24.4. The van der Waals surface area contributed by atoms with E-state index in [1.807, 2.05) is 125 Å². The Morgan fingerprint density at radius 3 is 1.49 bits per heavy atom. The first-order chi connectivity index (χ1) is 33.0. The van der Waals surface area contributed by atoms with Crippen molar-refractivity contribution in [1.29, 1.82) is 0 Å². The zero-order valence-corrected chi connectivity index (χ0v) is 41.3. The minimum Gasteiger partial charge on any atom is -0.478 e. The van der Waals surface area contributed by atoms with Gasteiger partial charge in [0.15, 0.2) is 5.78 Å². The van der Waals surface area contributed by atoms with E-state index in [0.717, 1.165) is 84.3 Å². The van der Waals surface area contributed by atoms with Crippen molar-refractivity contribution in [3.63, 3.8) is 0 Å². The summed E-state index contributed by atoms with van der Waals surface area (Å²) in [5, 5.41) is 11.3. The number of nitrogens with zero attached hydrogens (tertiary/aromatic N) is 2. The zero-order valence-electron chi connectivity index (χ0n) is 41.3. The Labute approximate surface area is 406 Å². The molecular formula is C58H68N4O7. The molecule has 2 amide bonds. The van der Waals surface area contributed by atoms with Crippen LogP contribution < -0.4 is 0 Å². The number of ether oxygens (including phenoxy) is 2. The van der Waals surface area contributed by atoms with Gasteiger partial charge in [-0.25, -0.2) is 14.4 Å². The third-order valence-electron chi connectivity index (χ3n) is 12.7. The lowest BCUT2D eigenvalue weighted by atomic mass is 9.85. The summed E-state index contributed by atoms with van der Waals surface area (Å²) in [4.78, 5) is 59.8. The van der Waals surface area contributed by atoms with Gasteiger partial charge in [-0.3, -0.25) is 4.79 Å². The van der Waals surface area contributed by atoms with Crippen LogP contribution >= 0.6 is 0 Å². The number of hydrogen-bond donors (Lipinski definition) is 3. The molecule has 4 aromatic carbocycles. The number of H-pyrrole nitrogens is 2. The molecule has 69 heavy (non-hydrogen) atoms. The number of benzene rings is 4. The predicted molar refractivity (Wildman–Crippen MR) is 275 cm³/mol. The number of rotatable bonds is 13. The molecule has 11 heteroatoms. The molecule has 2 aliphatic carbocycles. The van der Waals surface area contributed by atoms with Crippen LogP contribution in [0.2, 0.25) is 0 Å². The van der Waals surface area contributed by atoms with Crippen LogP contribution in [0.25, 0.3) is 34.0 Å². The fourth-order valence-electron chi connectivity index (χ4n) is 9.50. The van der Waals surface area contributed by atoms with E-state index in [-0.39, 0.29) is 30.1 Å². The van der Waals surface area contributed by atoms with Gasteiger partial charge in [0.1, 0.15) is 11.2 Å². The van der Waals surface area contributed by atoms with Crippen molar-refractivity contribution < 1.29 is 33.8 Å². The average molecular weight is 933 g/mol. The van der Waals surface area contributed by atoms with E-state index in [0.29, 0.717) is 25.9 Å². The Bertz CT molecular complexity index is 2840. The maximum atomic E-state index is 13.4. The van der Waals surface area contributed by atoms with Crippen LogP contribution in [0.5, 0.6) is 0 Å². The SMILES string of the molecule is CC(C)(C)OC(=O)N(CCc1c[nH]c2ccccc12)C1CCCc2cc(/C=C/C(=O)O)ccc21.CCC(=O)/C=C/c1ccc2c(c1)CCCC2N(CCc1c[nH]c2ccccc12)C(=O)OC(C)(C)C. The number of ketones is 1. The lowest BCUT2D eigenvalue weighted by Gasteiger charge is -2.37. The lowest BCUT2D eigenvalue weighted by Crippen LogP contribution is -2.41. The Morgan fingerprint density at radius 1 is 0.638 bits per heavy atom. The van der Waals surface area contributed by atoms with Crippen LogP contribution in [0.15, 0.2) is 109 Å². The van der Waals surface area contributed by atoms with E-state index >= 15 is 0 Å². The largest absolute Gasteiger partial charge is 0.478 e. The van der Waals surface area contributed by atoms with E-state index in [2.05, 4.69) is 46.4 Å². The number of allylic oxidation sites excluding steroid dienone is 1. The topological polar surface area (TPSA) is 145 Å². The van der Waals surface area contributed by atoms with Gasteiger partial charge in [0, 0.05) is 59.8 Å². The van der Waals surface area contributed by atoms with Gasteiger partial charge in [-0.15, -0.1) is 0 Å². The summed E-state index contributed by atoms with van der Waals surface area (Å²) in [7, 11) is 0. The number of para-hydroxylation sites is 2. The van der Waals surface area contributed by atoms with E-state index in [9.17, 15) is 19.2 Å². The fraction of sp³-hybridized carbons (Fsp3) is 0.379. The van der Waals surface area contributed by atoms with Gasteiger partial charge in [-0.2, -0.15) is 0 Å². The summed E-state index contributed by atoms with van der Waals surface area (Å²) in [5.74, 6) is -0.849. The number of aryl methyl sites for hydroxylation is 2. The Balaban J connectivity index is 0.000000204. The molecule has 0 saturated heterocycles. The van der Waals surface area contributed by atoms with Crippen LogP contribution in [-0.4, -0.2) is 73.1 Å². The van der Waals surface area contributed by atoms with Crippen LogP contribution in [0.4, 0.5) is 9.59 Å². The third-order valence-corrected chi connectivity index (χ3v) is 12.7. The van der Waals surface area contributed by atoms with Crippen molar-refractivity contribution in [2.75, 3.05) is 13.1 Å². The molecule has 6 aromatic rings. The number of carbonyl (C=O) groups excluding carboxylic acids is 3. The predicted octanol–water partition coefficient (Wildman–Crippen LogP) is 13.1. The molecule has 0 fully saturated rings. The molecule has 2 heterocycles. The Hall–Kier alpha value is -6.88. The molecule has 3 N–H and O–H groups in total. The van der Waals surface area contributed by atoms with Gasteiger partial charge >= 0.3 is 18.2 Å². The molecule has 0 saturated carbocycles. The number of aromatic nitrogens is 2. The van der Waals surface area contributed by atoms with Crippen molar-refractivity contribution in [3.05, 3.63) is 154 Å². The van der Waals surface area contributed by atoms with Gasteiger partial charge in [0.2, 0.25) is 0 Å². The molecular weight excluding hydrogens is 865 g/mol. The highest BCUT2D eigenvalue weighted by atomic mass is 16.6. The summed E-state index contributed by atoms with van der Waals surface area (Å²) in [6, 6.07) is 28.6. The second-order valence-electron chi connectivity index (χ2n) is 20.1. The van der Waals surface area contributed by atoms with Gasteiger partial charge < -0.3 is 34.3 Å². The summed E-state index contributed by atoms with van der Waals surface area (Å²) < 4.78 is 11.7. The number of carboxylic acids is 1. The fourth-order valence-corrected chi connectivity index (χ4v) is 9.50. The van der Waals surface area contributed by atoms with Crippen molar-refractivity contribution in [2.24, 2.45) is 0 Å². The van der Waals surface area contributed by atoms with Gasteiger partial charge in [-0.1, -0.05) is 85.8 Å². The third kappa shape index (κ3) is 13.2. The quantitative estimate of drug-likeness (QED) is 0.0978. The smallest absolute Gasteiger partial charge is 0.410 e. The number of amides is 2. The van der Waals surface area contributed by atoms with Gasteiger partial charge in [0.05, 0.1) is 12.1 Å². The number of carbonyl (C=O) groups is 4. The van der Waals surface area contributed by atoms with Crippen LogP contribution in [-0.2, 0) is 44.7 Å². The summed E-state index contributed by atoms with van der Waals surface area (Å²) in [6.07, 6.45) is 17.4. The van der Waals surface area contributed by atoms with E-state index < -0.39 is 17.2 Å². The molecule has 0 spiro atoms. The Morgan fingerprint density at radius 2 is 1.07 bits per heavy atom. The maximum Gasteiger partial charge on any atom is 0.410 e. The average Bonchev–Trinajstić information content (AvgIpc) is 3.93. The molecule has 2 aromatic heterocycles. The van der Waals surface area contributed by atoms with Crippen molar-refractivity contribution >= 4 is 57.9 Å². The van der Waals surface area contributed by atoms with Crippen LogP contribution in [0.1, 0.15) is 137 Å². The highest BCUT2D eigenvalue weighted by Crippen LogP contribution is 2.38. The number of hydrogen-bond acceptors (Lipinski definition) is 6. The molecule has 11 nitrogen and oxygen atoms in total. The molecule has 2 atom stereocenters. The molecule has 2 aliphatic rings. The number of fused-ring (bicyclic) bond motifs is 4. The summed E-state index contributed by atoms with van der Waals surface area (Å²) in [6.45, 7) is 14.4.